The number of aliphatic hydroxyl groups is 1. The minimum absolute atomic E-state index is 0.0425. The number of nitrogen functional groups attached to an aromatic ring is 1. The van der Waals surface area contributed by atoms with Gasteiger partial charge in [-0.3, -0.25) is 9.78 Å². The molecule has 35 heavy (non-hydrogen) atoms. The van der Waals surface area contributed by atoms with Crippen LogP contribution in [0, 0.1) is 0 Å². The second-order valence-electron chi connectivity index (χ2n) is 9.46. The van der Waals surface area contributed by atoms with Crippen molar-refractivity contribution in [3.8, 4) is 0 Å². The predicted molar refractivity (Wildman–Crippen MR) is 143 cm³/mol. The molecule has 0 fully saturated rings. The summed E-state index contributed by atoms with van der Waals surface area (Å²) in [6, 6.07) is 0. The fourth-order valence-corrected chi connectivity index (χ4v) is 4.29. The van der Waals surface area contributed by atoms with Crippen LogP contribution in [-0.2, 0) is 11.3 Å². The highest BCUT2D eigenvalue weighted by atomic mass is 16.5. The van der Waals surface area contributed by atoms with Gasteiger partial charge in [0.2, 0.25) is 5.95 Å². The number of aliphatic hydroxyl groups excluding tert-OH is 1. The Balaban J connectivity index is 1.51. The number of unbranched alkanes of at least 4 members (excludes halogenated alkanes) is 12. The Labute approximate surface area is 210 Å². The van der Waals surface area contributed by atoms with Crippen LogP contribution in [0.5, 0.6) is 0 Å². The van der Waals surface area contributed by atoms with Crippen LogP contribution in [-0.4, -0.2) is 43.9 Å². The lowest BCUT2D eigenvalue weighted by Gasteiger charge is -2.18. The molecule has 2 aromatic rings. The highest BCUT2D eigenvalue weighted by Gasteiger charge is 2.14. The van der Waals surface area contributed by atoms with Crippen LogP contribution in [0.25, 0.3) is 11.2 Å². The van der Waals surface area contributed by atoms with Gasteiger partial charge in [-0.05, 0) is 38.5 Å². The van der Waals surface area contributed by atoms with Crippen molar-refractivity contribution >= 4 is 17.1 Å². The van der Waals surface area contributed by atoms with E-state index in [1.165, 1.54) is 77.0 Å². The van der Waals surface area contributed by atoms with Gasteiger partial charge < -0.3 is 20.1 Å². The standard InChI is InChI=1S/C27H47N5O3/c1-2-3-4-5-6-7-8-9-10-11-12-13-14-15-16-17-20-35-23(18-19-33)21-32-22-29-24-25(32)30-27(28)31-26(24)34/h9-10,22-23,33H,2-8,11-21H2,1H3,(H3,28,30,31,34)/b10-9+. The van der Waals surface area contributed by atoms with Crippen LogP contribution in [0.4, 0.5) is 5.95 Å². The van der Waals surface area contributed by atoms with Crippen LogP contribution in [0.3, 0.4) is 0 Å². The average molecular weight is 490 g/mol. The number of anilines is 1. The number of fused-ring (bicyclic) bond motifs is 1. The number of rotatable bonds is 21. The van der Waals surface area contributed by atoms with Gasteiger partial charge in [0.25, 0.3) is 5.56 Å². The van der Waals surface area contributed by atoms with Gasteiger partial charge in [-0.25, -0.2) is 4.98 Å². The van der Waals surface area contributed by atoms with Gasteiger partial charge in [-0.1, -0.05) is 76.9 Å². The quantitative estimate of drug-likeness (QED) is 0.157. The highest BCUT2D eigenvalue weighted by Crippen LogP contribution is 2.13. The van der Waals surface area contributed by atoms with Crippen LogP contribution in [0.1, 0.15) is 103 Å². The third-order valence-corrected chi connectivity index (χ3v) is 6.35. The van der Waals surface area contributed by atoms with E-state index in [1.54, 1.807) is 10.9 Å². The molecule has 2 aromatic heterocycles. The number of aromatic nitrogens is 4. The van der Waals surface area contributed by atoms with Crippen molar-refractivity contribution < 1.29 is 9.84 Å². The molecular weight excluding hydrogens is 442 g/mol. The molecule has 8 heteroatoms. The van der Waals surface area contributed by atoms with Crippen molar-refractivity contribution in [3.05, 3.63) is 28.8 Å². The SMILES string of the molecule is CCCCCCCC/C=C/CCCCCCCCOC(CCO)Cn1cnc2c(=O)[nH]c(N)nc21. The van der Waals surface area contributed by atoms with Crippen LogP contribution >= 0.6 is 0 Å². The first-order valence-electron chi connectivity index (χ1n) is 13.7. The van der Waals surface area contributed by atoms with Gasteiger partial charge in [-0.15, -0.1) is 0 Å². The molecule has 198 valence electrons. The minimum Gasteiger partial charge on any atom is -0.396 e. The zero-order valence-corrected chi connectivity index (χ0v) is 21.7. The van der Waals surface area contributed by atoms with E-state index in [9.17, 15) is 9.90 Å². The number of hydrogen-bond acceptors (Lipinski definition) is 6. The molecule has 4 N–H and O–H groups in total. The van der Waals surface area contributed by atoms with Gasteiger partial charge in [0, 0.05) is 13.2 Å². The van der Waals surface area contributed by atoms with E-state index in [0.717, 1.165) is 12.8 Å². The Hall–Kier alpha value is -2.19. The number of nitrogens with zero attached hydrogens (tertiary/aromatic N) is 3. The van der Waals surface area contributed by atoms with Crippen LogP contribution in [0.2, 0.25) is 0 Å². The molecular formula is C27H47N5O3. The predicted octanol–water partition coefficient (Wildman–Crippen LogP) is 5.51. The summed E-state index contributed by atoms with van der Waals surface area (Å²) in [4.78, 5) is 22.7. The first-order valence-corrected chi connectivity index (χ1v) is 13.7. The van der Waals surface area contributed by atoms with E-state index in [4.69, 9.17) is 10.5 Å². The molecule has 0 aliphatic carbocycles. The summed E-state index contributed by atoms with van der Waals surface area (Å²) in [7, 11) is 0. The summed E-state index contributed by atoms with van der Waals surface area (Å²) in [5.74, 6) is 0.0630. The number of nitrogens with one attached hydrogen (secondary N) is 1. The van der Waals surface area contributed by atoms with Gasteiger partial charge >= 0.3 is 0 Å². The first kappa shape index (κ1) is 29.0. The number of imidazole rings is 1. The Morgan fingerprint density at radius 1 is 1.03 bits per heavy atom. The van der Waals surface area contributed by atoms with E-state index in [-0.39, 0.29) is 29.7 Å². The third kappa shape index (κ3) is 11.9. The lowest BCUT2D eigenvalue weighted by molar-refractivity contribution is 0.0232. The van der Waals surface area contributed by atoms with Crippen molar-refractivity contribution in [2.24, 2.45) is 0 Å². The molecule has 1 unspecified atom stereocenters. The van der Waals surface area contributed by atoms with Crippen molar-refractivity contribution in [3.63, 3.8) is 0 Å². The molecule has 0 radical (unpaired) electrons. The minimum atomic E-state index is -0.352. The normalized spacial score (nSPS) is 12.7. The summed E-state index contributed by atoms with van der Waals surface area (Å²) in [5.41, 5.74) is 6.01. The number of allylic oxidation sites excluding steroid dienone is 2. The summed E-state index contributed by atoms with van der Waals surface area (Å²) < 4.78 is 7.79. The van der Waals surface area contributed by atoms with Crippen molar-refractivity contribution in [2.45, 2.75) is 116 Å². The Morgan fingerprint density at radius 2 is 1.66 bits per heavy atom. The topological polar surface area (TPSA) is 119 Å². The van der Waals surface area contributed by atoms with Gasteiger partial charge in [-0.2, -0.15) is 4.98 Å². The summed E-state index contributed by atoms with van der Waals surface area (Å²) in [6.45, 7) is 3.44. The van der Waals surface area contributed by atoms with Crippen LogP contribution in [0.15, 0.2) is 23.3 Å². The van der Waals surface area contributed by atoms with E-state index in [1.807, 2.05) is 0 Å². The average Bonchev–Trinajstić information content (AvgIpc) is 3.23. The maximum absolute atomic E-state index is 11.9. The van der Waals surface area contributed by atoms with E-state index in [0.29, 0.717) is 25.2 Å². The first-order chi connectivity index (χ1) is 17.2. The maximum atomic E-state index is 11.9. The zero-order valence-electron chi connectivity index (χ0n) is 21.7. The third-order valence-electron chi connectivity index (χ3n) is 6.35. The van der Waals surface area contributed by atoms with Crippen LogP contribution < -0.4 is 11.3 Å². The molecule has 0 saturated carbocycles. The number of hydrogen-bond donors (Lipinski definition) is 3. The maximum Gasteiger partial charge on any atom is 0.280 e. The van der Waals surface area contributed by atoms with Gasteiger partial charge in [0.05, 0.1) is 19.0 Å². The van der Waals surface area contributed by atoms with Crippen molar-refractivity contribution in [1.82, 2.24) is 19.5 Å². The summed E-state index contributed by atoms with van der Waals surface area (Å²) >= 11 is 0. The zero-order chi connectivity index (χ0) is 25.1. The molecule has 2 heterocycles. The molecule has 0 saturated heterocycles. The second-order valence-corrected chi connectivity index (χ2v) is 9.46. The molecule has 0 spiro atoms. The molecule has 0 bridgehead atoms. The number of H-pyrrole nitrogens is 1. The van der Waals surface area contributed by atoms with E-state index in [2.05, 4.69) is 34.0 Å². The molecule has 0 aliphatic rings. The number of nitrogens with two attached hydrogens (primary N) is 1. The summed E-state index contributed by atoms with van der Waals surface area (Å²) in [5, 5.41) is 9.41. The van der Waals surface area contributed by atoms with Crippen molar-refractivity contribution in [2.75, 3.05) is 18.9 Å². The molecule has 0 amide bonds. The largest absolute Gasteiger partial charge is 0.396 e. The van der Waals surface area contributed by atoms with Crippen molar-refractivity contribution in [1.29, 1.82) is 0 Å². The van der Waals surface area contributed by atoms with Gasteiger partial charge in [0.15, 0.2) is 11.2 Å². The van der Waals surface area contributed by atoms with E-state index < -0.39 is 0 Å². The van der Waals surface area contributed by atoms with E-state index >= 15 is 0 Å². The molecule has 1 atom stereocenters. The molecule has 0 aliphatic heterocycles. The lowest BCUT2D eigenvalue weighted by Crippen LogP contribution is -2.22. The highest BCUT2D eigenvalue weighted by molar-refractivity contribution is 5.70. The number of ether oxygens (including phenoxy) is 1. The summed E-state index contributed by atoms with van der Waals surface area (Å²) in [6.07, 6.45) is 24.6. The molecule has 0 aromatic carbocycles. The second kappa shape index (κ2) is 18.1. The lowest BCUT2D eigenvalue weighted by atomic mass is 10.1. The molecule has 2 rings (SSSR count). The Bertz CT molecular complexity index is 893. The van der Waals surface area contributed by atoms with Gasteiger partial charge in [0.1, 0.15) is 0 Å². The number of aromatic amines is 1. The monoisotopic (exact) mass is 489 g/mol. The Kier molecular flexibility index (Phi) is 15.0. The fraction of sp³-hybridized carbons (Fsp3) is 0.741. The molecule has 8 nitrogen and oxygen atoms in total. The fourth-order valence-electron chi connectivity index (χ4n) is 4.29. The smallest absolute Gasteiger partial charge is 0.280 e. The Morgan fingerprint density at radius 3 is 2.31 bits per heavy atom.